The molecule has 0 spiro atoms. The van der Waals surface area contributed by atoms with Crippen LogP contribution in [0, 0.1) is 5.41 Å². The van der Waals surface area contributed by atoms with Gasteiger partial charge in [0.25, 0.3) is 0 Å². The first-order chi connectivity index (χ1) is 10.8. The first-order valence-electron chi connectivity index (χ1n) is 7.88. The third kappa shape index (κ3) is 2.51. The molecule has 0 saturated heterocycles. The molecule has 0 fully saturated rings. The van der Waals surface area contributed by atoms with Crippen molar-refractivity contribution < 1.29 is 9.90 Å². The van der Waals surface area contributed by atoms with Crippen LogP contribution in [0.15, 0.2) is 23.1 Å². The molecule has 1 aromatic heterocycles. The maximum atomic E-state index is 11.8. The van der Waals surface area contributed by atoms with E-state index in [1.54, 1.807) is 16.7 Å². The molecule has 2 heterocycles. The van der Waals surface area contributed by atoms with E-state index in [1.165, 1.54) is 27.1 Å². The maximum Gasteiger partial charge on any atom is 0.407 e. The Morgan fingerprint density at radius 3 is 2.61 bits per heavy atom. The lowest BCUT2D eigenvalue weighted by molar-refractivity contribution is 0.0698. The van der Waals surface area contributed by atoms with Gasteiger partial charge in [-0.05, 0) is 17.7 Å². The number of nitrogens with zero attached hydrogens (tertiary/aromatic N) is 2. The highest BCUT2D eigenvalue weighted by Crippen LogP contribution is 2.40. The van der Waals surface area contributed by atoms with Crippen LogP contribution in [0.5, 0.6) is 0 Å². The van der Waals surface area contributed by atoms with Gasteiger partial charge in [-0.15, -0.1) is 11.8 Å². The number of hydrogen-bond donors (Lipinski definition) is 1. The van der Waals surface area contributed by atoms with Crippen LogP contribution in [0.4, 0.5) is 4.79 Å². The van der Waals surface area contributed by atoms with E-state index >= 15 is 0 Å². The van der Waals surface area contributed by atoms with Gasteiger partial charge in [-0.1, -0.05) is 32.9 Å². The largest absolute Gasteiger partial charge is 0.465 e. The fraction of sp³-hybridized carbons (Fsp3) is 0.500. The smallest absolute Gasteiger partial charge is 0.407 e. The number of aryl methyl sites for hydroxylation is 1. The van der Waals surface area contributed by atoms with E-state index in [2.05, 4.69) is 56.8 Å². The first-order valence-corrected chi connectivity index (χ1v) is 9.11. The van der Waals surface area contributed by atoms with Gasteiger partial charge in [0.05, 0.1) is 12.1 Å². The number of thioether (sulfide) groups is 1. The molecule has 1 aliphatic heterocycles. The molecule has 3 rings (SSSR count). The molecule has 23 heavy (non-hydrogen) atoms. The minimum absolute atomic E-state index is 0.00626. The summed E-state index contributed by atoms with van der Waals surface area (Å²) < 4.78 is 2.27. The Labute approximate surface area is 141 Å². The molecule has 4 nitrogen and oxygen atoms in total. The lowest BCUT2D eigenvalue weighted by Gasteiger charge is -2.42. The number of amides is 1. The van der Waals surface area contributed by atoms with Crippen LogP contribution in [0.2, 0.25) is 0 Å². The van der Waals surface area contributed by atoms with Crippen molar-refractivity contribution in [2.45, 2.75) is 44.7 Å². The van der Waals surface area contributed by atoms with Crippen molar-refractivity contribution in [3.63, 3.8) is 0 Å². The van der Waals surface area contributed by atoms with Crippen LogP contribution in [0.1, 0.15) is 32.0 Å². The molecule has 1 aromatic carbocycles. The van der Waals surface area contributed by atoms with Crippen molar-refractivity contribution in [1.29, 1.82) is 0 Å². The predicted octanol–water partition coefficient (Wildman–Crippen LogP) is 4.35. The van der Waals surface area contributed by atoms with Crippen molar-refractivity contribution in [2.75, 3.05) is 6.26 Å². The average molecular weight is 332 g/mol. The minimum atomic E-state index is -0.825. The Balaban J connectivity index is 2.22. The summed E-state index contributed by atoms with van der Waals surface area (Å²) in [6.45, 7) is 6.83. The Bertz CT molecular complexity index is 773. The summed E-state index contributed by atoms with van der Waals surface area (Å²) in [7, 11) is 2.11. The highest BCUT2D eigenvalue weighted by Gasteiger charge is 2.39. The molecule has 1 unspecified atom stereocenters. The second-order valence-corrected chi connectivity index (χ2v) is 8.19. The quantitative estimate of drug-likeness (QED) is 0.790. The van der Waals surface area contributed by atoms with E-state index in [9.17, 15) is 9.90 Å². The van der Waals surface area contributed by atoms with Crippen LogP contribution in [0.25, 0.3) is 10.9 Å². The Hall–Kier alpha value is -1.62. The summed E-state index contributed by atoms with van der Waals surface area (Å²) in [6.07, 6.45) is 2.03. The van der Waals surface area contributed by atoms with Gasteiger partial charge in [0, 0.05) is 41.0 Å². The van der Waals surface area contributed by atoms with Crippen LogP contribution in [0.3, 0.4) is 0 Å². The zero-order valence-corrected chi connectivity index (χ0v) is 15.2. The number of para-hydroxylation sites is 1. The predicted molar refractivity (Wildman–Crippen MR) is 95.2 cm³/mol. The average Bonchev–Trinajstić information content (AvgIpc) is 2.78. The number of aromatic nitrogens is 1. The summed E-state index contributed by atoms with van der Waals surface area (Å²) >= 11 is 1.74. The highest BCUT2D eigenvalue weighted by molar-refractivity contribution is 7.98. The Morgan fingerprint density at radius 1 is 1.35 bits per heavy atom. The molecule has 0 saturated carbocycles. The summed E-state index contributed by atoms with van der Waals surface area (Å²) in [6, 6.07) is 6.31. The number of rotatable bonds is 1. The van der Waals surface area contributed by atoms with Crippen LogP contribution >= 0.6 is 11.8 Å². The fourth-order valence-corrected chi connectivity index (χ4v) is 4.41. The SMILES string of the molecule is CSc1cccc2c3c(n(C)c12)CC(C(C)(C)C)N(C(=O)O)C3. The third-order valence-corrected chi connectivity index (χ3v) is 5.74. The van der Waals surface area contributed by atoms with Crippen molar-refractivity contribution in [1.82, 2.24) is 9.47 Å². The zero-order chi connectivity index (χ0) is 16.9. The lowest BCUT2D eigenvalue weighted by atomic mass is 9.80. The molecule has 1 N–H and O–H groups in total. The number of hydrogen-bond acceptors (Lipinski definition) is 2. The van der Waals surface area contributed by atoms with Gasteiger partial charge in [-0.3, -0.25) is 0 Å². The lowest BCUT2D eigenvalue weighted by Crippen LogP contribution is -2.50. The monoisotopic (exact) mass is 332 g/mol. The van der Waals surface area contributed by atoms with E-state index in [4.69, 9.17) is 0 Å². The number of benzene rings is 1. The van der Waals surface area contributed by atoms with Crippen molar-refractivity contribution in [2.24, 2.45) is 12.5 Å². The van der Waals surface area contributed by atoms with Gasteiger partial charge in [0.15, 0.2) is 0 Å². The second-order valence-electron chi connectivity index (χ2n) is 7.34. The number of fused-ring (bicyclic) bond motifs is 3. The Morgan fingerprint density at radius 2 is 2.04 bits per heavy atom. The first kappa shape index (κ1) is 16.2. The molecule has 1 atom stereocenters. The van der Waals surface area contributed by atoms with Gasteiger partial charge >= 0.3 is 6.09 Å². The second kappa shape index (κ2) is 5.48. The summed E-state index contributed by atoms with van der Waals surface area (Å²) in [4.78, 5) is 14.7. The topological polar surface area (TPSA) is 45.5 Å². The molecular formula is C18H24N2O2S. The molecule has 0 radical (unpaired) electrons. The van der Waals surface area contributed by atoms with Gasteiger partial charge in [0.2, 0.25) is 0 Å². The summed E-state index contributed by atoms with van der Waals surface area (Å²) in [5.74, 6) is 0. The van der Waals surface area contributed by atoms with E-state index in [1.807, 2.05) is 0 Å². The van der Waals surface area contributed by atoms with Crippen LogP contribution < -0.4 is 0 Å². The molecule has 5 heteroatoms. The van der Waals surface area contributed by atoms with Crippen molar-refractivity contribution in [3.8, 4) is 0 Å². The Kier molecular flexibility index (Phi) is 3.87. The number of carboxylic acid groups (broad SMARTS) is 1. The molecule has 2 aromatic rings. The normalized spacial score (nSPS) is 18.3. The van der Waals surface area contributed by atoms with Crippen molar-refractivity contribution in [3.05, 3.63) is 29.5 Å². The molecule has 1 amide bonds. The van der Waals surface area contributed by atoms with Gasteiger partial charge in [0.1, 0.15) is 0 Å². The highest BCUT2D eigenvalue weighted by atomic mass is 32.2. The van der Waals surface area contributed by atoms with Crippen LogP contribution in [-0.2, 0) is 20.0 Å². The van der Waals surface area contributed by atoms with E-state index in [0.717, 1.165) is 6.42 Å². The standard InChI is InChI=1S/C18H24N2O2S/c1-18(2,3)15-9-13-12(10-20(15)17(21)22)11-7-6-8-14(23-5)16(11)19(13)4/h6-8,15H,9-10H2,1-5H3,(H,21,22). The number of carbonyl (C=O) groups is 1. The third-order valence-electron chi connectivity index (χ3n) is 4.97. The van der Waals surface area contributed by atoms with E-state index in [-0.39, 0.29) is 11.5 Å². The molecule has 0 aliphatic carbocycles. The minimum Gasteiger partial charge on any atom is -0.465 e. The van der Waals surface area contributed by atoms with E-state index < -0.39 is 6.09 Å². The molecule has 1 aliphatic rings. The van der Waals surface area contributed by atoms with E-state index in [0.29, 0.717) is 6.54 Å². The fourth-order valence-electron chi connectivity index (χ4n) is 3.75. The molecule has 124 valence electrons. The summed E-state index contributed by atoms with van der Waals surface area (Å²) in [5, 5.41) is 10.9. The zero-order valence-electron chi connectivity index (χ0n) is 14.4. The molecule has 0 bridgehead atoms. The maximum absolute atomic E-state index is 11.8. The molecular weight excluding hydrogens is 308 g/mol. The van der Waals surface area contributed by atoms with Gasteiger partial charge in [-0.2, -0.15) is 0 Å². The van der Waals surface area contributed by atoms with Crippen molar-refractivity contribution >= 4 is 28.8 Å². The van der Waals surface area contributed by atoms with Gasteiger partial charge in [-0.25, -0.2) is 4.79 Å². The van der Waals surface area contributed by atoms with Crippen LogP contribution in [-0.4, -0.2) is 33.0 Å². The van der Waals surface area contributed by atoms with Gasteiger partial charge < -0.3 is 14.6 Å². The summed E-state index contributed by atoms with van der Waals surface area (Å²) in [5.41, 5.74) is 3.58.